The van der Waals surface area contributed by atoms with E-state index in [-0.39, 0.29) is 17.7 Å². The summed E-state index contributed by atoms with van der Waals surface area (Å²) in [5.74, 6) is -0.338. The highest BCUT2D eigenvalue weighted by atomic mass is 16.2. The minimum Gasteiger partial charge on any atom is -0.356 e. The number of aromatic amines is 1. The quantitative estimate of drug-likeness (QED) is 0.702. The van der Waals surface area contributed by atoms with Gasteiger partial charge in [0.05, 0.1) is 17.9 Å². The number of H-pyrrole nitrogens is 1. The van der Waals surface area contributed by atoms with Crippen molar-refractivity contribution >= 4 is 11.7 Å². The molecule has 0 aliphatic carbocycles. The summed E-state index contributed by atoms with van der Waals surface area (Å²) < 4.78 is 1.85. The number of para-hydroxylation sites is 1. The van der Waals surface area contributed by atoms with Crippen molar-refractivity contribution in [1.82, 2.24) is 20.1 Å². The standard InChI is InChI=1S/C19H20N4O2/c1-12(22-19(25)18-9-15(10-20-18)14(3)24)17-11-21-23(13(17)2)16-7-5-4-6-8-16/h4-12,20H,1-3H3,(H,22,25)/t12-/m1/s1. The van der Waals surface area contributed by atoms with E-state index in [4.69, 9.17) is 0 Å². The normalized spacial score (nSPS) is 12.0. The first kappa shape index (κ1) is 16.7. The first-order valence-corrected chi connectivity index (χ1v) is 8.07. The molecule has 0 saturated heterocycles. The van der Waals surface area contributed by atoms with E-state index >= 15 is 0 Å². The van der Waals surface area contributed by atoms with Crippen LogP contribution in [0.25, 0.3) is 5.69 Å². The Labute approximate surface area is 145 Å². The fourth-order valence-corrected chi connectivity index (χ4v) is 2.76. The molecule has 1 atom stereocenters. The summed E-state index contributed by atoms with van der Waals surface area (Å²) in [6.45, 7) is 5.35. The highest BCUT2D eigenvalue weighted by Gasteiger charge is 2.18. The van der Waals surface area contributed by atoms with Crippen LogP contribution in [0.4, 0.5) is 0 Å². The van der Waals surface area contributed by atoms with Gasteiger partial charge in [0.25, 0.3) is 5.91 Å². The Balaban J connectivity index is 1.77. The third-order valence-electron chi connectivity index (χ3n) is 4.20. The molecule has 6 heteroatoms. The molecule has 0 aliphatic rings. The average molecular weight is 336 g/mol. The molecule has 2 N–H and O–H groups in total. The van der Waals surface area contributed by atoms with Gasteiger partial charge in [-0.2, -0.15) is 5.10 Å². The summed E-state index contributed by atoms with van der Waals surface area (Å²) in [7, 11) is 0. The number of aromatic nitrogens is 3. The summed E-state index contributed by atoms with van der Waals surface area (Å²) in [6.07, 6.45) is 3.31. The Morgan fingerprint density at radius 1 is 1.24 bits per heavy atom. The zero-order chi connectivity index (χ0) is 18.0. The molecule has 3 rings (SSSR count). The zero-order valence-electron chi connectivity index (χ0n) is 14.4. The van der Waals surface area contributed by atoms with Crippen molar-refractivity contribution < 1.29 is 9.59 Å². The third kappa shape index (κ3) is 3.38. The molecule has 25 heavy (non-hydrogen) atoms. The van der Waals surface area contributed by atoms with Crippen LogP contribution in [0.3, 0.4) is 0 Å². The molecule has 0 fully saturated rings. The average Bonchev–Trinajstić information content (AvgIpc) is 3.22. The van der Waals surface area contributed by atoms with Crippen LogP contribution < -0.4 is 5.32 Å². The molecular formula is C19H20N4O2. The maximum absolute atomic E-state index is 12.4. The number of nitrogens with one attached hydrogen (secondary N) is 2. The van der Waals surface area contributed by atoms with Gasteiger partial charge in [0.15, 0.2) is 5.78 Å². The van der Waals surface area contributed by atoms with Gasteiger partial charge in [-0.3, -0.25) is 9.59 Å². The van der Waals surface area contributed by atoms with Gasteiger partial charge in [0.2, 0.25) is 0 Å². The van der Waals surface area contributed by atoms with Crippen LogP contribution in [0.2, 0.25) is 0 Å². The molecule has 2 aromatic heterocycles. The summed E-state index contributed by atoms with van der Waals surface area (Å²) in [5, 5.41) is 7.36. The predicted octanol–water partition coefficient (Wildman–Crippen LogP) is 3.20. The number of hydrogen-bond donors (Lipinski definition) is 2. The van der Waals surface area contributed by atoms with Crippen LogP contribution >= 0.6 is 0 Å². The molecule has 128 valence electrons. The Bertz CT molecular complexity index is 909. The smallest absolute Gasteiger partial charge is 0.268 e. The number of benzene rings is 1. The number of nitrogens with zero attached hydrogens (tertiary/aromatic N) is 2. The van der Waals surface area contributed by atoms with Crippen molar-refractivity contribution in [2.45, 2.75) is 26.8 Å². The Kier molecular flexibility index (Phi) is 4.52. The first-order chi connectivity index (χ1) is 12.0. The number of carbonyl (C=O) groups excluding carboxylic acids is 2. The van der Waals surface area contributed by atoms with Gasteiger partial charge in [0.1, 0.15) is 5.69 Å². The zero-order valence-corrected chi connectivity index (χ0v) is 14.4. The van der Waals surface area contributed by atoms with Crippen molar-refractivity contribution in [3.05, 3.63) is 71.3 Å². The van der Waals surface area contributed by atoms with Crippen LogP contribution in [0.15, 0.2) is 48.8 Å². The maximum atomic E-state index is 12.4. The van der Waals surface area contributed by atoms with Crippen LogP contribution in [0.1, 0.15) is 52.0 Å². The second-order valence-electron chi connectivity index (χ2n) is 5.99. The molecule has 0 unspecified atom stereocenters. The maximum Gasteiger partial charge on any atom is 0.268 e. The van der Waals surface area contributed by atoms with E-state index in [9.17, 15) is 9.59 Å². The lowest BCUT2D eigenvalue weighted by atomic mass is 10.1. The summed E-state index contributed by atoms with van der Waals surface area (Å²) in [5.41, 5.74) is 3.74. The van der Waals surface area contributed by atoms with E-state index in [1.807, 2.05) is 48.9 Å². The molecular weight excluding hydrogens is 316 g/mol. The fraction of sp³-hybridized carbons (Fsp3) is 0.211. The summed E-state index contributed by atoms with van der Waals surface area (Å²) in [4.78, 5) is 26.6. The fourth-order valence-electron chi connectivity index (χ4n) is 2.76. The highest BCUT2D eigenvalue weighted by Crippen LogP contribution is 2.20. The highest BCUT2D eigenvalue weighted by molar-refractivity contribution is 5.99. The van der Waals surface area contributed by atoms with Gasteiger partial charge in [-0.25, -0.2) is 4.68 Å². The van der Waals surface area contributed by atoms with E-state index in [1.165, 1.54) is 6.92 Å². The third-order valence-corrected chi connectivity index (χ3v) is 4.20. The number of ketones is 1. The van der Waals surface area contributed by atoms with Gasteiger partial charge in [-0.1, -0.05) is 18.2 Å². The SMILES string of the molecule is CC(=O)c1c[nH]c(C(=O)N[C@H](C)c2cnn(-c3ccccc3)c2C)c1. The molecule has 1 amide bonds. The lowest BCUT2D eigenvalue weighted by Crippen LogP contribution is -2.27. The molecule has 0 bridgehead atoms. The second kappa shape index (κ2) is 6.76. The van der Waals surface area contributed by atoms with Crippen LogP contribution in [0.5, 0.6) is 0 Å². The molecule has 6 nitrogen and oxygen atoms in total. The lowest BCUT2D eigenvalue weighted by molar-refractivity contribution is 0.0935. The first-order valence-electron chi connectivity index (χ1n) is 8.07. The second-order valence-corrected chi connectivity index (χ2v) is 5.99. The van der Waals surface area contributed by atoms with Crippen molar-refractivity contribution in [3.8, 4) is 5.69 Å². The molecule has 2 heterocycles. The minimum atomic E-state index is -0.258. The largest absolute Gasteiger partial charge is 0.356 e. The monoisotopic (exact) mass is 336 g/mol. The predicted molar refractivity (Wildman–Crippen MR) is 95.0 cm³/mol. The van der Waals surface area contributed by atoms with E-state index in [0.29, 0.717) is 11.3 Å². The Morgan fingerprint density at radius 3 is 2.60 bits per heavy atom. The van der Waals surface area contributed by atoms with Gasteiger partial charge >= 0.3 is 0 Å². The summed E-state index contributed by atoms with van der Waals surface area (Å²) >= 11 is 0. The van der Waals surface area contributed by atoms with Crippen LogP contribution in [0, 0.1) is 6.92 Å². The van der Waals surface area contributed by atoms with E-state index in [2.05, 4.69) is 15.4 Å². The van der Waals surface area contributed by atoms with Gasteiger partial charge in [-0.05, 0) is 39.0 Å². The topological polar surface area (TPSA) is 79.8 Å². The Hall–Kier alpha value is -3.15. The molecule has 3 aromatic rings. The van der Waals surface area contributed by atoms with Crippen molar-refractivity contribution in [2.24, 2.45) is 0 Å². The minimum absolute atomic E-state index is 0.0802. The molecule has 0 spiro atoms. The van der Waals surface area contributed by atoms with Crippen LogP contribution in [-0.4, -0.2) is 26.5 Å². The molecule has 1 aromatic carbocycles. The molecule has 0 radical (unpaired) electrons. The number of Topliss-reactive ketones (excluding diaryl/α,β-unsaturated/α-hetero) is 1. The number of rotatable bonds is 5. The van der Waals surface area contributed by atoms with E-state index in [1.54, 1.807) is 18.5 Å². The number of hydrogen-bond acceptors (Lipinski definition) is 3. The number of carbonyl (C=O) groups is 2. The van der Waals surface area contributed by atoms with Crippen LogP contribution in [-0.2, 0) is 0 Å². The molecule has 0 aliphatic heterocycles. The van der Waals surface area contributed by atoms with Crippen molar-refractivity contribution in [1.29, 1.82) is 0 Å². The van der Waals surface area contributed by atoms with Gasteiger partial charge < -0.3 is 10.3 Å². The van der Waals surface area contributed by atoms with Crippen molar-refractivity contribution in [2.75, 3.05) is 0 Å². The summed E-state index contributed by atoms with van der Waals surface area (Å²) in [6, 6.07) is 11.2. The van der Waals surface area contributed by atoms with E-state index < -0.39 is 0 Å². The van der Waals surface area contributed by atoms with Crippen molar-refractivity contribution in [3.63, 3.8) is 0 Å². The number of amides is 1. The van der Waals surface area contributed by atoms with Gasteiger partial charge in [0, 0.05) is 23.0 Å². The lowest BCUT2D eigenvalue weighted by Gasteiger charge is -2.13. The van der Waals surface area contributed by atoms with E-state index in [0.717, 1.165) is 16.9 Å². The van der Waals surface area contributed by atoms with Gasteiger partial charge in [-0.15, -0.1) is 0 Å². The Morgan fingerprint density at radius 2 is 1.96 bits per heavy atom. The molecule has 0 saturated carbocycles.